The van der Waals surface area contributed by atoms with Gasteiger partial charge in [-0.25, -0.2) is 4.79 Å². The lowest BCUT2D eigenvalue weighted by Crippen LogP contribution is -2.42. The van der Waals surface area contributed by atoms with Gasteiger partial charge in [0.2, 0.25) is 0 Å². The number of carboxylic acid groups (broad SMARTS) is 1. The molecule has 2 amide bonds. The number of benzene rings is 1. The van der Waals surface area contributed by atoms with Gasteiger partial charge in [-0.1, -0.05) is 18.2 Å². The molecule has 0 aliphatic heterocycles. The van der Waals surface area contributed by atoms with Crippen molar-refractivity contribution in [2.45, 2.75) is 6.54 Å². The molecule has 1 aromatic carbocycles. The summed E-state index contributed by atoms with van der Waals surface area (Å²) in [5, 5.41) is 15.7. The van der Waals surface area contributed by atoms with E-state index in [0.717, 1.165) is 5.69 Å². The molecule has 0 saturated carbocycles. The van der Waals surface area contributed by atoms with Crippen molar-refractivity contribution in [1.82, 2.24) is 15.1 Å². The Morgan fingerprint density at radius 2 is 2.00 bits per heavy atom. The normalized spacial score (nSPS) is 10.1. The van der Waals surface area contributed by atoms with Crippen LogP contribution >= 0.6 is 0 Å². The van der Waals surface area contributed by atoms with Crippen molar-refractivity contribution in [1.29, 1.82) is 0 Å². The second-order valence-electron chi connectivity index (χ2n) is 4.42. The van der Waals surface area contributed by atoms with Crippen LogP contribution < -0.4 is 10.2 Å². The van der Waals surface area contributed by atoms with Gasteiger partial charge in [-0.3, -0.25) is 14.4 Å². The van der Waals surface area contributed by atoms with Gasteiger partial charge in [0, 0.05) is 18.9 Å². The maximum absolute atomic E-state index is 12.2. The monoisotopic (exact) mass is 288 g/mol. The van der Waals surface area contributed by atoms with Gasteiger partial charge in [-0.05, 0) is 18.2 Å². The zero-order chi connectivity index (χ0) is 15.2. The fourth-order valence-corrected chi connectivity index (χ4v) is 1.86. The van der Waals surface area contributed by atoms with Crippen molar-refractivity contribution in [2.24, 2.45) is 7.05 Å². The van der Waals surface area contributed by atoms with E-state index in [2.05, 4.69) is 10.4 Å². The Balaban J connectivity index is 2.08. The number of carbonyl (C=O) groups excluding carboxylic acids is 1. The van der Waals surface area contributed by atoms with Gasteiger partial charge in [0.15, 0.2) is 0 Å². The molecule has 7 heteroatoms. The zero-order valence-corrected chi connectivity index (χ0v) is 11.6. The van der Waals surface area contributed by atoms with Crippen LogP contribution in [-0.2, 0) is 18.4 Å². The van der Waals surface area contributed by atoms with Crippen molar-refractivity contribution in [3.63, 3.8) is 0 Å². The lowest BCUT2D eigenvalue weighted by Gasteiger charge is -2.21. The summed E-state index contributed by atoms with van der Waals surface area (Å²) in [7, 11) is 1.77. The number of aromatic nitrogens is 2. The largest absolute Gasteiger partial charge is 0.480 e. The number of anilines is 1. The molecule has 0 saturated heterocycles. The molecule has 0 unspecified atom stereocenters. The molecule has 21 heavy (non-hydrogen) atoms. The second kappa shape index (κ2) is 6.56. The standard InChI is InChI=1S/C14H16N4O3/c1-17-12(7-8-16-17)9-15-14(21)18(10-13(19)20)11-5-3-2-4-6-11/h2-8H,9-10H2,1H3,(H,15,21)(H,19,20). The summed E-state index contributed by atoms with van der Waals surface area (Å²) in [4.78, 5) is 24.3. The number of carbonyl (C=O) groups is 2. The van der Waals surface area contributed by atoms with Crippen molar-refractivity contribution in [3.8, 4) is 0 Å². The van der Waals surface area contributed by atoms with Crippen LogP contribution in [0.15, 0.2) is 42.6 Å². The van der Waals surface area contributed by atoms with E-state index in [1.54, 1.807) is 54.3 Å². The predicted octanol–water partition coefficient (Wildman–Crippen LogP) is 1.22. The third-order valence-electron chi connectivity index (χ3n) is 2.95. The lowest BCUT2D eigenvalue weighted by atomic mass is 10.3. The summed E-state index contributed by atoms with van der Waals surface area (Å²) >= 11 is 0. The molecule has 110 valence electrons. The van der Waals surface area contributed by atoms with Gasteiger partial charge < -0.3 is 10.4 Å². The Labute approximate surface area is 121 Å². The number of nitrogens with zero attached hydrogens (tertiary/aromatic N) is 3. The molecular formula is C14H16N4O3. The van der Waals surface area contributed by atoms with E-state index in [1.807, 2.05) is 0 Å². The highest BCUT2D eigenvalue weighted by atomic mass is 16.4. The molecule has 2 aromatic rings. The van der Waals surface area contributed by atoms with Crippen LogP contribution in [0.4, 0.5) is 10.5 Å². The molecule has 2 rings (SSSR count). The number of rotatable bonds is 5. The molecule has 1 heterocycles. The molecule has 0 fully saturated rings. The minimum absolute atomic E-state index is 0.276. The number of nitrogens with one attached hydrogen (secondary N) is 1. The average molecular weight is 288 g/mol. The first-order valence-corrected chi connectivity index (χ1v) is 6.37. The Kier molecular flexibility index (Phi) is 4.55. The topological polar surface area (TPSA) is 87.5 Å². The number of amides is 2. The zero-order valence-electron chi connectivity index (χ0n) is 11.6. The third kappa shape index (κ3) is 3.82. The van der Waals surface area contributed by atoms with Gasteiger partial charge in [0.05, 0.1) is 12.2 Å². The Bertz CT molecular complexity index is 624. The first-order valence-electron chi connectivity index (χ1n) is 6.37. The van der Waals surface area contributed by atoms with Crippen LogP contribution in [0.3, 0.4) is 0 Å². The highest BCUT2D eigenvalue weighted by Gasteiger charge is 2.18. The summed E-state index contributed by atoms with van der Waals surface area (Å²) < 4.78 is 1.64. The lowest BCUT2D eigenvalue weighted by molar-refractivity contribution is -0.135. The summed E-state index contributed by atoms with van der Waals surface area (Å²) in [5.41, 5.74) is 1.36. The maximum atomic E-state index is 12.2. The summed E-state index contributed by atoms with van der Waals surface area (Å²) in [5.74, 6) is -1.07. The Hall–Kier alpha value is -2.83. The molecule has 0 bridgehead atoms. The fraction of sp³-hybridized carbons (Fsp3) is 0.214. The van der Waals surface area contributed by atoms with E-state index < -0.39 is 18.5 Å². The molecule has 7 nitrogen and oxygen atoms in total. The smallest absolute Gasteiger partial charge is 0.323 e. The molecular weight excluding hydrogens is 272 g/mol. The predicted molar refractivity (Wildman–Crippen MR) is 76.9 cm³/mol. The third-order valence-corrected chi connectivity index (χ3v) is 2.95. The summed E-state index contributed by atoms with van der Waals surface area (Å²) in [6.07, 6.45) is 1.63. The van der Waals surface area contributed by atoms with E-state index in [-0.39, 0.29) is 6.54 Å². The number of carboxylic acids is 1. The summed E-state index contributed by atoms with van der Waals surface area (Å²) in [6.45, 7) is -0.125. The van der Waals surface area contributed by atoms with E-state index in [9.17, 15) is 9.59 Å². The van der Waals surface area contributed by atoms with E-state index in [0.29, 0.717) is 5.69 Å². The highest BCUT2D eigenvalue weighted by Crippen LogP contribution is 2.13. The van der Waals surface area contributed by atoms with Crippen molar-refractivity contribution in [2.75, 3.05) is 11.4 Å². The van der Waals surface area contributed by atoms with E-state index in [4.69, 9.17) is 5.11 Å². The molecule has 2 N–H and O–H groups in total. The molecule has 1 aromatic heterocycles. The Morgan fingerprint density at radius 1 is 1.29 bits per heavy atom. The van der Waals surface area contributed by atoms with E-state index in [1.165, 1.54) is 4.90 Å². The van der Waals surface area contributed by atoms with Crippen molar-refractivity contribution < 1.29 is 14.7 Å². The highest BCUT2D eigenvalue weighted by molar-refractivity contribution is 5.96. The van der Waals surface area contributed by atoms with Gasteiger partial charge in [0.1, 0.15) is 6.54 Å². The number of aryl methyl sites for hydroxylation is 1. The van der Waals surface area contributed by atoms with Crippen molar-refractivity contribution in [3.05, 3.63) is 48.3 Å². The van der Waals surface area contributed by atoms with Crippen molar-refractivity contribution >= 4 is 17.7 Å². The van der Waals surface area contributed by atoms with Gasteiger partial charge in [-0.2, -0.15) is 5.10 Å². The number of para-hydroxylation sites is 1. The molecule has 0 aliphatic carbocycles. The SMILES string of the molecule is Cn1nccc1CNC(=O)N(CC(=O)O)c1ccccc1. The number of aliphatic carboxylic acids is 1. The molecule has 0 spiro atoms. The molecule has 0 atom stereocenters. The van der Waals surface area contributed by atoms with Gasteiger partial charge in [-0.15, -0.1) is 0 Å². The maximum Gasteiger partial charge on any atom is 0.323 e. The fourth-order valence-electron chi connectivity index (χ4n) is 1.86. The number of urea groups is 1. The first kappa shape index (κ1) is 14.6. The Morgan fingerprint density at radius 3 is 2.57 bits per heavy atom. The van der Waals surface area contributed by atoms with Crippen LogP contribution in [-0.4, -0.2) is 33.4 Å². The number of hydrogen-bond acceptors (Lipinski definition) is 3. The minimum atomic E-state index is -1.07. The van der Waals surface area contributed by atoms with Crippen LogP contribution in [0, 0.1) is 0 Å². The minimum Gasteiger partial charge on any atom is -0.480 e. The van der Waals surface area contributed by atoms with Crippen LogP contribution in [0.5, 0.6) is 0 Å². The average Bonchev–Trinajstić information content (AvgIpc) is 2.88. The second-order valence-corrected chi connectivity index (χ2v) is 4.42. The quantitative estimate of drug-likeness (QED) is 0.866. The number of hydrogen-bond donors (Lipinski definition) is 2. The van der Waals surface area contributed by atoms with E-state index >= 15 is 0 Å². The molecule has 0 aliphatic rings. The molecule has 0 radical (unpaired) electrons. The van der Waals surface area contributed by atoms with Gasteiger partial charge in [0.25, 0.3) is 0 Å². The van der Waals surface area contributed by atoms with Crippen LogP contribution in [0.25, 0.3) is 0 Å². The van der Waals surface area contributed by atoms with Gasteiger partial charge >= 0.3 is 12.0 Å². The first-order chi connectivity index (χ1) is 10.1. The van der Waals surface area contributed by atoms with Crippen LogP contribution in [0.2, 0.25) is 0 Å². The van der Waals surface area contributed by atoms with Crippen LogP contribution in [0.1, 0.15) is 5.69 Å². The summed E-state index contributed by atoms with van der Waals surface area (Å²) in [6, 6.07) is 9.99.